The standard InChI is InChI=1S/C16H18N2O2S/c1-11-7-12(2)9-14(8-11)20-13(3)16(19)18-17-10-15-5-4-6-21-15/h4-10,13H,1-3H3,(H,18,19)/t13-/m0/s1. The van der Waals surface area contributed by atoms with Crippen molar-refractivity contribution in [3.63, 3.8) is 0 Å². The predicted octanol–water partition coefficient (Wildman–Crippen LogP) is 3.28. The highest BCUT2D eigenvalue weighted by atomic mass is 32.1. The van der Waals surface area contributed by atoms with Crippen molar-refractivity contribution in [2.24, 2.45) is 5.10 Å². The fraction of sp³-hybridized carbons (Fsp3) is 0.250. The molecular formula is C16H18N2O2S. The van der Waals surface area contributed by atoms with E-state index in [2.05, 4.69) is 16.6 Å². The minimum absolute atomic E-state index is 0.276. The lowest BCUT2D eigenvalue weighted by molar-refractivity contribution is -0.127. The third-order valence-corrected chi connectivity index (χ3v) is 3.59. The molecule has 0 aliphatic rings. The van der Waals surface area contributed by atoms with E-state index in [-0.39, 0.29) is 5.91 Å². The summed E-state index contributed by atoms with van der Waals surface area (Å²) in [7, 11) is 0. The Labute approximate surface area is 128 Å². The number of hydrogen-bond acceptors (Lipinski definition) is 4. The molecule has 1 aromatic carbocycles. The first-order chi connectivity index (χ1) is 10.0. The number of carbonyl (C=O) groups is 1. The summed E-state index contributed by atoms with van der Waals surface area (Å²) >= 11 is 1.56. The molecular weight excluding hydrogens is 284 g/mol. The van der Waals surface area contributed by atoms with Crippen molar-refractivity contribution in [2.45, 2.75) is 26.9 Å². The zero-order valence-corrected chi connectivity index (χ0v) is 13.1. The maximum Gasteiger partial charge on any atom is 0.280 e. The van der Waals surface area contributed by atoms with Crippen LogP contribution < -0.4 is 10.2 Å². The normalized spacial score (nSPS) is 12.3. The first-order valence-corrected chi connectivity index (χ1v) is 7.54. The predicted molar refractivity (Wildman–Crippen MR) is 86.1 cm³/mol. The van der Waals surface area contributed by atoms with Crippen LogP contribution in [0.2, 0.25) is 0 Å². The van der Waals surface area contributed by atoms with Crippen molar-refractivity contribution in [1.82, 2.24) is 5.43 Å². The number of carbonyl (C=O) groups excluding carboxylic acids is 1. The van der Waals surface area contributed by atoms with Gasteiger partial charge >= 0.3 is 0 Å². The number of nitrogens with one attached hydrogen (secondary N) is 1. The molecule has 2 rings (SSSR count). The van der Waals surface area contributed by atoms with Crippen molar-refractivity contribution in [2.75, 3.05) is 0 Å². The number of amides is 1. The lowest BCUT2D eigenvalue weighted by atomic mass is 10.1. The van der Waals surface area contributed by atoms with E-state index >= 15 is 0 Å². The summed E-state index contributed by atoms with van der Waals surface area (Å²) in [6.45, 7) is 5.69. The molecule has 5 heteroatoms. The van der Waals surface area contributed by atoms with Gasteiger partial charge in [-0.25, -0.2) is 5.43 Å². The van der Waals surface area contributed by atoms with Gasteiger partial charge in [0.05, 0.1) is 6.21 Å². The lowest BCUT2D eigenvalue weighted by Crippen LogP contribution is -2.33. The van der Waals surface area contributed by atoms with Gasteiger partial charge in [-0.1, -0.05) is 12.1 Å². The van der Waals surface area contributed by atoms with Crippen molar-refractivity contribution < 1.29 is 9.53 Å². The summed E-state index contributed by atoms with van der Waals surface area (Å²) in [5.41, 5.74) is 4.69. The van der Waals surface area contributed by atoms with Gasteiger partial charge in [0.15, 0.2) is 6.10 Å². The molecule has 0 radical (unpaired) electrons. The molecule has 0 saturated carbocycles. The Bertz CT molecular complexity index is 615. The van der Waals surface area contributed by atoms with Crippen LogP contribution in [0.4, 0.5) is 0 Å². The zero-order valence-electron chi connectivity index (χ0n) is 12.3. The average molecular weight is 302 g/mol. The molecule has 0 saturated heterocycles. The Morgan fingerprint density at radius 1 is 1.33 bits per heavy atom. The van der Waals surface area contributed by atoms with Crippen molar-refractivity contribution in [3.05, 3.63) is 51.7 Å². The molecule has 4 nitrogen and oxygen atoms in total. The second-order valence-corrected chi connectivity index (χ2v) is 5.81. The summed E-state index contributed by atoms with van der Waals surface area (Å²) < 4.78 is 5.64. The van der Waals surface area contributed by atoms with Crippen LogP contribution in [0.3, 0.4) is 0 Å². The highest BCUT2D eigenvalue weighted by molar-refractivity contribution is 7.11. The smallest absolute Gasteiger partial charge is 0.280 e. The van der Waals surface area contributed by atoms with Gasteiger partial charge < -0.3 is 4.74 Å². The number of hydrogen-bond donors (Lipinski definition) is 1. The fourth-order valence-electron chi connectivity index (χ4n) is 1.87. The van der Waals surface area contributed by atoms with E-state index in [0.29, 0.717) is 5.75 Å². The number of nitrogens with zero attached hydrogens (tertiary/aromatic N) is 1. The second-order valence-electron chi connectivity index (χ2n) is 4.83. The summed E-state index contributed by atoms with van der Waals surface area (Å²) in [5.74, 6) is 0.416. The van der Waals surface area contributed by atoms with E-state index in [9.17, 15) is 4.79 Å². The third kappa shape index (κ3) is 4.72. The number of benzene rings is 1. The minimum atomic E-state index is -0.605. The molecule has 1 heterocycles. The Morgan fingerprint density at radius 2 is 2.05 bits per heavy atom. The summed E-state index contributed by atoms with van der Waals surface area (Å²) in [4.78, 5) is 12.9. The molecule has 1 N–H and O–H groups in total. The Hall–Kier alpha value is -2.14. The highest BCUT2D eigenvalue weighted by Crippen LogP contribution is 2.17. The molecule has 0 unspecified atom stereocenters. The van der Waals surface area contributed by atoms with Gasteiger partial charge in [0, 0.05) is 4.88 Å². The van der Waals surface area contributed by atoms with Crippen LogP contribution in [-0.2, 0) is 4.79 Å². The first-order valence-electron chi connectivity index (χ1n) is 6.66. The molecule has 110 valence electrons. The van der Waals surface area contributed by atoms with Gasteiger partial charge in [-0.15, -0.1) is 11.3 Å². The van der Waals surface area contributed by atoms with Gasteiger partial charge in [0.2, 0.25) is 0 Å². The van der Waals surface area contributed by atoms with Crippen molar-refractivity contribution in [1.29, 1.82) is 0 Å². The lowest BCUT2D eigenvalue weighted by Gasteiger charge is -2.14. The van der Waals surface area contributed by atoms with E-state index in [1.165, 1.54) is 0 Å². The number of aryl methyl sites for hydroxylation is 2. The largest absolute Gasteiger partial charge is 0.481 e. The van der Waals surface area contributed by atoms with Gasteiger partial charge in [0.25, 0.3) is 5.91 Å². The Morgan fingerprint density at radius 3 is 2.67 bits per heavy atom. The average Bonchev–Trinajstić information content (AvgIpc) is 2.90. The summed E-state index contributed by atoms with van der Waals surface area (Å²) in [6, 6.07) is 9.73. The summed E-state index contributed by atoms with van der Waals surface area (Å²) in [6.07, 6.45) is 1.01. The molecule has 2 aromatic rings. The molecule has 0 bridgehead atoms. The van der Waals surface area contributed by atoms with Crippen LogP contribution in [0.1, 0.15) is 22.9 Å². The van der Waals surface area contributed by atoms with Crippen LogP contribution in [0, 0.1) is 13.8 Å². The molecule has 0 spiro atoms. The van der Waals surface area contributed by atoms with E-state index in [4.69, 9.17) is 4.74 Å². The Kier molecular flexibility index (Phi) is 5.11. The molecule has 0 fully saturated rings. The molecule has 1 aromatic heterocycles. The van der Waals surface area contributed by atoms with Crippen LogP contribution in [0.25, 0.3) is 0 Å². The SMILES string of the molecule is Cc1cc(C)cc(O[C@@H](C)C(=O)NN=Cc2cccs2)c1. The Balaban J connectivity index is 1.90. The van der Waals surface area contributed by atoms with Gasteiger partial charge in [-0.2, -0.15) is 5.10 Å². The van der Waals surface area contributed by atoms with E-state index < -0.39 is 6.10 Å². The van der Waals surface area contributed by atoms with E-state index in [1.807, 2.05) is 43.5 Å². The monoisotopic (exact) mass is 302 g/mol. The second kappa shape index (κ2) is 7.04. The maximum atomic E-state index is 11.9. The van der Waals surface area contributed by atoms with Crippen molar-refractivity contribution in [3.8, 4) is 5.75 Å². The highest BCUT2D eigenvalue weighted by Gasteiger charge is 2.14. The summed E-state index contributed by atoms with van der Waals surface area (Å²) in [5, 5.41) is 5.87. The topological polar surface area (TPSA) is 50.7 Å². The molecule has 1 amide bonds. The minimum Gasteiger partial charge on any atom is -0.481 e. The fourth-order valence-corrected chi connectivity index (χ4v) is 2.46. The first kappa shape index (κ1) is 15.3. The quantitative estimate of drug-likeness (QED) is 0.680. The van der Waals surface area contributed by atoms with Crippen LogP contribution in [0.15, 0.2) is 40.8 Å². The van der Waals surface area contributed by atoms with E-state index in [1.54, 1.807) is 24.5 Å². The van der Waals surface area contributed by atoms with Gasteiger partial charge in [0.1, 0.15) is 5.75 Å². The number of thiophene rings is 1. The van der Waals surface area contributed by atoms with Crippen LogP contribution in [0.5, 0.6) is 5.75 Å². The van der Waals surface area contributed by atoms with Crippen LogP contribution in [-0.4, -0.2) is 18.2 Å². The van der Waals surface area contributed by atoms with Gasteiger partial charge in [-0.05, 0) is 55.5 Å². The molecule has 21 heavy (non-hydrogen) atoms. The van der Waals surface area contributed by atoms with Gasteiger partial charge in [-0.3, -0.25) is 4.79 Å². The number of rotatable bonds is 5. The van der Waals surface area contributed by atoms with Crippen molar-refractivity contribution >= 4 is 23.5 Å². The zero-order chi connectivity index (χ0) is 15.2. The molecule has 0 aliphatic carbocycles. The van der Waals surface area contributed by atoms with Crippen LogP contribution >= 0.6 is 11.3 Å². The third-order valence-electron chi connectivity index (χ3n) is 2.79. The number of hydrazone groups is 1. The maximum absolute atomic E-state index is 11.9. The number of ether oxygens (including phenoxy) is 1. The van der Waals surface area contributed by atoms with E-state index in [0.717, 1.165) is 16.0 Å². The molecule has 0 aliphatic heterocycles. The molecule has 1 atom stereocenters.